The van der Waals surface area contributed by atoms with E-state index in [4.69, 9.17) is 5.11 Å². The zero-order valence-corrected chi connectivity index (χ0v) is 10.7. The summed E-state index contributed by atoms with van der Waals surface area (Å²) in [5.41, 5.74) is 0.934. The highest BCUT2D eigenvalue weighted by atomic mass is 19.3. The van der Waals surface area contributed by atoms with E-state index in [0.717, 1.165) is 24.9 Å². The third kappa shape index (κ3) is 5.10. The summed E-state index contributed by atoms with van der Waals surface area (Å²) in [4.78, 5) is 0. The smallest absolute Gasteiger partial charge is 0.263 e. The molecule has 1 unspecified atom stereocenters. The molecule has 0 aliphatic heterocycles. The lowest BCUT2D eigenvalue weighted by molar-refractivity contribution is 0.151. The molecule has 2 nitrogen and oxygen atoms in total. The van der Waals surface area contributed by atoms with Gasteiger partial charge in [0, 0.05) is 18.7 Å². The Kier molecular flexibility index (Phi) is 6.83. The number of alkyl halides is 2. The fourth-order valence-corrected chi connectivity index (χ4v) is 1.89. The third-order valence-corrected chi connectivity index (χ3v) is 3.08. The van der Waals surface area contributed by atoms with Crippen LogP contribution in [0.25, 0.3) is 0 Å². The van der Waals surface area contributed by atoms with Crippen molar-refractivity contribution in [2.24, 2.45) is 5.92 Å². The van der Waals surface area contributed by atoms with Gasteiger partial charge in [0.2, 0.25) is 0 Å². The topological polar surface area (TPSA) is 32.3 Å². The van der Waals surface area contributed by atoms with Gasteiger partial charge in [-0.15, -0.1) is 0 Å². The molecule has 18 heavy (non-hydrogen) atoms. The van der Waals surface area contributed by atoms with Crippen molar-refractivity contribution in [2.75, 3.05) is 13.2 Å². The summed E-state index contributed by atoms with van der Waals surface area (Å²) in [7, 11) is 0. The number of hydrogen-bond acceptors (Lipinski definition) is 2. The van der Waals surface area contributed by atoms with Gasteiger partial charge in [0.15, 0.2) is 0 Å². The van der Waals surface area contributed by atoms with Crippen molar-refractivity contribution in [1.82, 2.24) is 5.32 Å². The molecule has 0 saturated heterocycles. The minimum atomic E-state index is -2.41. The molecule has 0 amide bonds. The predicted molar refractivity (Wildman–Crippen MR) is 68.6 cm³/mol. The normalized spacial score (nSPS) is 12.9. The molecule has 0 aliphatic rings. The average Bonchev–Trinajstić information content (AvgIpc) is 2.38. The van der Waals surface area contributed by atoms with E-state index in [9.17, 15) is 8.78 Å². The van der Waals surface area contributed by atoms with Crippen molar-refractivity contribution < 1.29 is 13.9 Å². The van der Waals surface area contributed by atoms with Gasteiger partial charge < -0.3 is 10.4 Å². The van der Waals surface area contributed by atoms with Crippen molar-refractivity contribution in [2.45, 2.75) is 32.7 Å². The SMILES string of the molecule is CCC(CCO)CNCc1cccc(C(F)F)c1. The fourth-order valence-electron chi connectivity index (χ4n) is 1.89. The first-order valence-electron chi connectivity index (χ1n) is 6.36. The largest absolute Gasteiger partial charge is 0.396 e. The quantitative estimate of drug-likeness (QED) is 0.750. The summed E-state index contributed by atoms with van der Waals surface area (Å²) in [6.07, 6.45) is -0.631. The summed E-state index contributed by atoms with van der Waals surface area (Å²) >= 11 is 0. The Hall–Kier alpha value is -1.00. The number of nitrogens with one attached hydrogen (secondary N) is 1. The van der Waals surface area contributed by atoms with Crippen molar-refractivity contribution in [1.29, 1.82) is 0 Å². The lowest BCUT2D eigenvalue weighted by Gasteiger charge is -2.14. The van der Waals surface area contributed by atoms with Gasteiger partial charge in [-0.2, -0.15) is 0 Å². The minimum Gasteiger partial charge on any atom is -0.396 e. The molecule has 1 aromatic rings. The number of benzene rings is 1. The van der Waals surface area contributed by atoms with Gasteiger partial charge in [0.05, 0.1) is 0 Å². The van der Waals surface area contributed by atoms with Gasteiger partial charge in [-0.05, 0) is 30.5 Å². The second-order valence-electron chi connectivity index (χ2n) is 4.46. The Labute approximate surface area is 107 Å². The van der Waals surface area contributed by atoms with Gasteiger partial charge in [0.25, 0.3) is 6.43 Å². The van der Waals surface area contributed by atoms with Crippen LogP contribution in [0.3, 0.4) is 0 Å². The van der Waals surface area contributed by atoms with E-state index in [-0.39, 0.29) is 12.2 Å². The maximum absolute atomic E-state index is 12.5. The summed E-state index contributed by atoms with van der Waals surface area (Å²) < 4.78 is 25.0. The molecule has 4 heteroatoms. The van der Waals surface area contributed by atoms with Crippen molar-refractivity contribution in [3.8, 4) is 0 Å². The van der Waals surface area contributed by atoms with Gasteiger partial charge in [0.1, 0.15) is 0 Å². The van der Waals surface area contributed by atoms with Crippen LogP contribution in [0, 0.1) is 5.92 Å². The van der Waals surface area contributed by atoms with E-state index in [1.54, 1.807) is 6.07 Å². The number of halogens is 2. The monoisotopic (exact) mass is 257 g/mol. The van der Waals surface area contributed by atoms with Crippen LogP contribution in [-0.2, 0) is 6.54 Å². The Balaban J connectivity index is 2.41. The van der Waals surface area contributed by atoms with E-state index in [0.29, 0.717) is 12.5 Å². The Morgan fingerprint density at radius 3 is 2.72 bits per heavy atom. The van der Waals surface area contributed by atoms with Gasteiger partial charge in [-0.3, -0.25) is 0 Å². The molecule has 102 valence electrons. The lowest BCUT2D eigenvalue weighted by atomic mass is 10.0. The standard InChI is InChI=1S/C14H21F2NO/c1-2-11(6-7-18)9-17-10-12-4-3-5-13(8-12)14(15)16/h3-5,8,11,14,17-18H,2,6-7,9-10H2,1H3. The van der Waals surface area contributed by atoms with Crippen LogP contribution in [0.2, 0.25) is 0 Å². The molecule has 0 bridgehead atoms. The van der Waals surface area contributed by atoms with Gasteiger partial charge >= 0.3 is 0 Å². The molecule has 0 radical (unpaired) electrons. The zero-order valence-electron chi connectivity index (χ0n) is 10.7. The molecular weight excluding hydrogens is 236 g/mol. The third-order valence-electron chi connectivity index (χ3n) is 3.08. The van der Waals surface area contributed by atoms with E-state index in [1.807, 2.05) is 6.07 Å². The van der Waals surface area contributed by atoms with Crippen LogP contribution in [-0.4, -0.2) is 18.3 Å². The van der Waals surface area contributed by atoms with E-state index >= 15 is 0 Å². The molecule has 2 N–H and O–H groups in total. The Bertz CT molecular complexity index is 344. The van der Waals surface area contributed by atoms with Crippen LogP contribution in [0.1, 0.15) is 37.3 Å². The first-order valence-corrected chi connectivity index (χ1v) is 6.36. The van der Waals surface area contributed by atoms with Gasteiger partial charge in [-0.1, -0.05) is 31.5 Å². The lowest BCUT2D eigenvalue weighted by Crippen LogP contribution is -2.22. The molecule has 1 rings (SSSR count). The van der Waals surface area contributed by atoms with Crippen molar-refractivity contribution in [3.63, 3.8) is 0 Å². The Morgan fingerprint density at radius 1 is 1.33 bits per heavy atom. The second kappa shape index (κ2) is 8.16. The number of aliphatic hydroxyl groups is 1. The number of rotatable bonds is 8. The van der Waals surface area contributed by atoms with Crippen molar-refractivity contribution >= 4 is 0 Å². The first kappa shape index (κ1) is 15.1. The molecule has 0 fully saturated rings. The summed E-state index contributed by atoms with van der Waals surface area (Å²) in [5.74, 6) is 0.438. The zero-order chi connectivity index (χ0) is 13.4. The summed E-state index contributed by atoms with van der Waals surface area (Å²) in [6, 6.07) is 6.47. The Morgan fingerprint density at radius 2 is 2.11 bits per heavy atom. The molecule has 1 atom stereocenters. The highest BCUT2D eigenvalue weighted by Gasteiger charge is 2.08. The van der Waals surface area contributed by atoms with Crippen LogP contribution < -0.4 is 5.32 Å². The molecule has 1 aromatic carbocycles. The van der Waals surface area contributed by atoms with Crippen LogP contribution >= 0.6 is 0 Å². The summed E-state index contributed by atoms with van der Waals surface area (Å²) in [6.45, 7) is 3.67. The maximum Gasteiger partial charge on any atom is 0.263 e. The highest BCUT2D eigenvalue weighted by Crippen LogP contribution is 2.19. The predicted octanol–water partition coefficient (Wildman–Crippen LogP) is 3.12. The van der Waals surface area contributed by atoms with E-state index in [1.165, 1.54) is 12.1 Å². The molecule has 0 aromatic heterocycles. The molecule has 0 heterocycles. The number of hydrogen-bond donors (Lipinski definition) is 2. The second-order valence-corrected chi connectivity index (χ2v) is 4.46. The maximum atomic E-state index is 12.5. The van der Waals surface area contributed by atoms with Crippen molar-refractivity contribution in [3.05, 3.63) is 35.4 Å². The average molecular weight is 257 g/mol. The van der Waals surface area contributed by atoms with Crippen LogP contribution in [0.5, 0.6) is 0 Å². The van der Waals surface area contributed by atoms with E-state index in [2.05, 4.69) is 12.2 Å². The van der Waals surface area contributed by atoms with E-state index < -0.39 is 6.43 Å². The minimum absolute atomic E-state index is 0.0664. The highest BCUT2D eigenvalue weighted by molar-refractivity contribution is 5.24. The van der Waals surface area contributed by atoms with Crippen LogP contribution in [0.4, 0.5) is 8.78 Å². The summed E-state index contributed by atoms with van der Waals surface area (Å²) in [5, 5.41) is 12.1. The van der Waals surface area contributed by atoms with Crippen LogP contribution in [0.15, 0.2) is 24.3 Å². The van der Waals surface area contributed by atoms with Gasteiger partial charge in [-0.25, -0.2) is 8.78 Å². The molecule has 0 spiro atoms. The molecule has 0 aliphatic carbocycles. The first-order chi connectivity index (χ1) is 8.67. The number of aliphatic hydroxyl groups excluding tert-OH is 1. The molecular formula is C14H21F2NO. The fraction of sp³-hybridized carbons (Fsp3) is 0.571. The molecule has 0 saturated carbocycles.